The molecular formula is C9H13BO2S. The first-order valence-corrected chi connectivity index (χ1v) is 5.49. The van der Waals surface area contributed by atoms with Gasteiger partial charge in [0.15, 0.2) is 0 Å². The van der Waals surface area contributed by atoms with Gasteiger partial charge in [-0.05, 0) is 29.8 Å². The van der Waals surface area contributed by atoms with Crippen molar-refractivity contribution < 1.29 is 10.0 Å². The van der Waals surface area contributed by atoms with E-state index in [4.69, 9.17) is 10.0 Å². The summed E-state index contributed by atoms with van der Waals surface area (Å²) in [5.41, 5.74) is 2.92. The molecule has 0 unspecified atom stereocenters. The molecule has 1 aromatic carbocycles. The van der Waals surface area contributed by atoms with E-state index in [0.717, 1.165) is 11.3 Å². The zero-order chi connectivity index (χ0) is 9.84. The van der Waals surface area contributed by atoms with Gasteiger partial charge in [-0.2, -0.15) is 11.8 Å². The smallest absolute Gasteiger partial charge is 0.423 e. The molecule has 1 rings (SSSR count). The van der Waals surface area contributed by atoms with Gasteiger partial charge in [0.2, 0.25) is 0 Å². The van der Waals surface area contributed by atoms with E-state index < -0.39 is 7.12 Å². The molecule has 0 saturated carbocycles. The molecule has 70 valence electrons. The Morgan fingerprint density at radius 2 is 2.08 bits per heavy atom. The van der Waals surface area contributed by atoms with E-state index in [1.165, 1.54) is 5.56 Å². The van der Waals surface area contributed by atoms with Gasteiger partial charge in [-0.1, -0.05) is 18.2 Å². The predicted molar refractivity (Wildman–Crippen MR) is 58.2 cm³/mol. The quantitative estimate of drug-likeness (QED) is 0.693. The number of thioether (sulfide) groups is 1. The summed E-state index contributed by atoms with van der Waals surface area (Å²) in [6.07, 6.45) is 2.03. The molecule has 0 saturated heterocycles. The van der Waals surface area contributed by atoms with E-state index in [-0.39, 0.29) is 0 Å². The molecule has 0 aromatic heterocycles. The Morgan fingerprint density at radius 3 is 2.62 bits per heavy atom. The molecular weight excluding hydrogens is 183 g/mol. The van der Waals surface area contributed by atoms with Crippen LogP contribution in [0.1, 0.15) is 11.1 Å². The van der Waals surface area contributed by atoms with E-state index in [9.17, 15) is 0 Å². The fraction of sp³-hybridized carbons (Fsp3) is 0.333. The Hall–Kier alpha value is -0.445. The van der Waals surface area contributed by atoms with Crippen LogP contribution in [0.3, 0.4) is 0 Å². The van der Waals surface area contributed by atoms with Crippen LogP contribution in [-0.2, 0) is 5.75 Å². The molecule has 2 nitrogen and oxygen atoms in total. The van der Waals surface area contributed by atoms with E-state index in [1.54, 1.807) is 17.8 Å². The third-order valence-corrected chi connectivity index (χ3v) is 2.57. The van der Waals surface area contributed by atoms with Crippen LogP contribution in [0.4, 0.5) is 0 Å². The fourth-order valence-electron chi connectivity index (χ4n) is 1.16. The molecule has 0 radical (unpaired) electrons. The fourth-order valence-corrected chi connectivity index (χ4v) is 1.79. The number of hydrogen-bond acceptors (Lipinski definition) is 3. The Morgan fingerprint density at radius 1 is 1.38 bits per heavy atom. The van der Waals surface area contributed by atoms with Crippen molar-refractivity contribution >= 4 is 24.3 Å². The molecule has 1 aromatic rings. The summed E-state index contributed by atoms with van der Waals surface area (Å²) in [6, 6.07) is 5.50. The van der Waals surface area contributed by atoms with Gasteiger partial charge in [-0.15, -0.1) is 0 Å². The van der Waals surface area contributed by atoms with E-state index in [0.29, 0.717) is 5.46 Å². The average Bonchev–Trinajstić information content (AvgIpc) is 2.08. The standard InChI is InChI=1S/C9H13BO2S/c1-7-3-4-9(10(11)12)5-8(7)6-13-2/h3-5,11-12H,6H2,1-2H3. The minimum absolute atomic E-state index is 0.564. The van der Waals surface area contributed by atoms with Crippen molar-refractivity contribution in [2.24, 2.45) is 0 Å². The maximum absolute atomic E-state index is 8.96. The van der Waals surface area contributed by atoms with Crippen molar-refractivity contribution in [3.63, 3.8) is 0 Å². The highest BCUT2D eigenvalue weighted by atomic mass is 32.2. The van der Waals surface area contributed by atoms with Crippen LogP contribution in [0, 0.1) is 6.92 Å². The molecule has 0 aliphatic carbocycles. The predicted octanol–water partition coefficient (Wildman–Crippen LogP) is 0.538. The maximum atomic E-state index is 8.96. The van der Waals surface area contributed by atoms with E-state index >= 15 is 0 Å². The molecule has 0 heterocycles. The summed E-state index contributed by atoms with van der Waals surface area (Å²) < 4.78 is 0. The highest BCUT2D eigenvalue weighted by Crippen LogP contribution is 2.12. The first kappa shape index (κ1) is 10.6. The topological polar surface area (TPSA) is 40.5 Å². The Balaban J connectivity index is 2.97. The number of rotatable bonds is 3. The lowest BCUT2D eigenvalue weighted by molar-refractivity contribution is 0.425. The zero-order valence-corrected chi connectivity index (χ0v) is 8.64. The second-order valence-corrected chi connectivity index (χ2v) is 3.86. The van der Waals surface area contributed by atoms with Crippen molar-refractivity contribution in [2.45, 2.75) is 12.7 Å². The van der Waals surface area contributed by atoms with E-state index in [2.05, 4.69) is 0 Å². The van der Waals surface area contributed by atoms with Crippen LogP contribution in [0.2, 0.25) is 0 Å². The Bertz CT molecular complexity index is 289. The largest absolute Gasteiger partial charge is 0.488 e. The molecule has 0 atom stereocenters. The normalized spacial score (nSPS) is 10.2. The maximum Gasteiger partial charge on any atom is 0.488 e. The number of aryl methyl sites for hydroxylation is 1. The van der Waals surface area contributed by atoms with Crippen molar-refractivity contribution in [1.29, 1.82) is 0 Å². The first-order chi connectivity index (χ1) is 6.15. The highest BCUT2D eigenvalue weighted by molar-refractivity contribution is 7.97. The average molecular weight is 196 g/mol. The van der Waals surface area contributed by atoms with Crippen LogP contribution in [0.15, 0.2) is 18.2 Å². The molecule has 0 aliphatic heterocycles. The van der Waals surface area contributed by atoms with Gasteiger partial charge in [0, 0.05) is 5.75 Å². The minimum Gasteiger partial charge on any atom is -0.423 e. The number of benzene rings is 1. The van der Waals surface area contributed by atoms with Gasteiger partial charge in [-0.25, -0.2) is 0 Å². The SMILES string of the molecule is CSCc1cc(B(O)O)ccc1C. The molecule has 13 heavy (non-hydrogen) atoms. The lowest BCUT2D eigenvalue weighted by Gasteiger charge is -2.06. The molecule has 0 aliphatic rings. The Kier molecular flexibility index (Phi) is 3.84. The number of hydrogen-bond donors (Lipinski definition) is 2. The summed E-state index contributed by atoms with van der Waals surface area (Å²) in [4.78, 5) is 0. The monoisotopic (exact) mass is 196 g/mol. The summed E-state index contributed by atoms with van der Waals surface area (Å²) in [6.45, 7) is 2.03. The molecule has 0 amide bonds. The summed E-state index contributed by atoms with van der Waals surface area (Å²) in [5, 5.41) is 17.9. The highest BCUT2D eigenvalue weighted by Gasteiger charge is 2.11. The van der Waals surface area contributed by atoms with Gasteiger partial charge in [-0.3, -0.25) is 0 Å². The van der Waals surface area contributed by atoms with Crippen molar-refractivity contribution in [1.82, 2.24) is 0 Å². The third kappa shape index (κ3) is 2.76. The molecule has 4 heteroatoms. The van der Waals surface area contributed by atoms with Gasteiger partial charge >= 0.3 is 7.12 Å². The summed E-state index contributed by atoms with van der Waals surface area (Å²) in [5.74, 6) is 0.909. The third-order valence-electron chi connectivity index (χ3n) is 1.97. The molecule has 0 fully saturated rings. The summed E-state index contributed by atoms with van der Waals surface area (Å²) in [7, 11) is -1.36. The van der Waals surface area contributed by atoms with Crippen molar-refractivity contribution in [2.75, 3.05) is 6.26 Å². The molecule has 0 spiro atoms. The van der Waals surface area contributed by atoms with Crippen LogP contribution >= 0.6 is 11.8 Å². The van der Waals surface area contributed by atoms with Gasteiger partial charge in [0.25, 0.3) is 0 Å². The second kappa shape index (κ2) is 4.70. The van der Waals surface area contributed by atoms with E-state index in [1.807, 2.05) is 25.3 Å². The van der Waals surface area contributed by atoms with Crippen LogP contribution in [0.5, 0.6) is 0 Å². The zero-order valence-electron chi connectivity index (χ0n) is 7.82. The van der Waals surface area contributed by atoms with Crippen molar-refractivity contribution in [3.8, 4) is 0 Å². The molecule has 0 bridgehead atoms. The van der Waals surface area contributed by atoms with Crippen molar-refractivity contribution in [3.05, 3.63) is 29.3 Å². The van der Waals surface area contributed by atoms with Gasteiger partial charge < -0.3 is 10.0 Å². The van der Waals surface area contributed by atoms with Gasteiger partial charge in [0.05, 0.1) is 0 Å². The summed E-state index contributed by atoms with van der Waals surface area (Å²) >= 11 is 1.73. The van der Waals surface area contributed by atoms with Gasteiger partial charge in [0.1, 0.15) is 0 Å². The van der Waals surface area contributed by atoms with Crippen LogP contribution in [-0.4, -0.2) is 23.4 Å². The molecule has 2 N–H and O–H groups in total. The minimum atomic E-state index is -1.36. The lowest BCUT2D eigenvalue weighted by atomic mass is 9.79. The Labute approximate surface area is 83.1 Å². The van der Waals surface area contributed by atoms with Crippen LogP contribution < -0.4 is 5.46 Å². The second-order valence-electron chi connectivity index (χ2n) is 2.99. The first-order valence-electron chi connectivity index (χ1n) is 4.09. The lowest BCUT2D eigenvalue weighted by Crippen LogP contribution is -2.30. The van der Waals surface area contributed by atoms with Crippen LogP contribution in [0.25, 0.3) is 0 Å².